The van der Waals surface area contributed by atoms with Crippen LogP contribution in [0.15, 0.2) is 0 Å². The Kier molecular flexibility index (Phi) is 8.95. The van der Waals surface area contributed by atoms with E-state index in [-0.39, 0.29) is 24.8 Å². The lowest BCUT2D eigenvalue weighted by atomic mass is 9.99. The molecule has 0 saturated carbocycles. The van der Waals surface area contributed by atoms with Crippen LogP contribution < -0.4 is 5.32 Å². The molecule has 0 aromatic rings. The first-order valence-electron chi connectivity index (χ1n) is 6.47. The quantitative estimate of drug-likeness (QED) is 0.848. The summed E-state index contributed by atoms with van der Waals surface area (Å²) in [5.41, 5.74) is 0. The number of nitrogens with one attached hydrogen (secondary N) is 1. The van der Waals surface area contributed by atoms with Gasteiger partial charge in [0.1, 0.15) is 0 Å². The fourth-order valence-electron chi connectivity index (χ4n) is 2.77. The Hall–Kier alpha value is -0.0300. The maximum Gasteiger partial charge on any atom is 0.223 e. The molecule has 0 radical (unpaired) electrons. The Labute approximate surface area is 122 Å². The van der Waals surface area contributed by atoms with Crippen molar-refractivity contribution in [3.63, 3.8) is 0 Å². The van der Waals surface area contributed by atoms with Gasteiger partial charge in [-0.15, -0.1) is 24.8 Å². The van der Waals surface area contributed by atoms with Crippen LogP contribution in [0.2, 0.25) is 0 Å². The second kappa shape index (κ2) is 8.97. The molecule has 1 amide bonds. The molecule has 2 aliphatic rings. The number of nitrogens with zero attached hydrogens (tertiary/aromatic N) is 2. The number of halogens is 2. The van der Waals surface area contributed by atoms with Crippen molar-refractivity contribution >= 4 is 30.7 Å². The smallest absolute Gasteiger partial charge is 0.223 e. The van der Waals surface area contributed by atoms with Gasteiger partial charge in [-0.3, -0.25) is 9.69 Å². The lowest BCUT2D eigenvalue weighted by molar-refractivity contribution is -0.134. The zero-order chi connectivity index (χ0) is 11.4. The molecule has 2 saturated heterocycles. The van der Waals surface area contributed by atoms with Gasteiger partial charge in [0.25, 0.3) is 0 Å². The van der Waals surface area contributed by atoms with Gasteiger partial charge < -0.3 is 10.2 Å². The average Bonchev–Trinajstić information content (AvgIpc) is 2.35. The summed E-state index contributed by atoms with van der Waals surface area (Å²) in [5.74, 6) is 0.319. The highest BCUT2D eigenvalue weighted by Crippen LogP contribution is 2.21. The first-order chi connectivity index (χ1) is 7.81. The van der Waals surface area contributed by atoms with Gasteiger partial charge in [0, 0.05) is 38.6 Å². The first-order valence-corrected chi connectivity index (χ1v) is 6.47. The van der Waals surface area contributed by atoms with E-state index in [1.165, 1.54) is 25.8 Å². The van der Waals surface area contributed by atoms with Gasteiger partial charge in [-0.25, -0.2) is 0 Å². The van der Waals surface area contributed by atoms with Crippen LogP contribution in [0.25, 0.3) is 0 Å². The van der Waals surface area contributed by atoms with Crippen LogP contribution in [-0.4, -0.2) is 61.5 Å². The summed E-state index contributed by atoms with van der Waals surface area (Å²) in [6.45, 7) is 5.00. The van der Waals surface area contributed by atoms with Crippen molar-refractivity contribution in [1.82, 2.24) is 15.1 Å². The van der Waals surface area contributed by atoms with E-state index in [4.69, 9.17) is 0 Å². The molecule has 0 aliphatic carbocycles. The third kappa shape index (κ3) is 4.57. The average molecular weight is 298 g/mol. The van der Waals surface area contributed by atoms with E-state index in [0.29, 0.717) is 18.4 Å². The molecular formula is C12H25Cl2N3O. The van der Waals surface area contributed by atoms with Crippen molar-refractivity contribution in [2.75, 3.05) is 39.8 Å². The van der Waals surface area contributed by atoms with Crippen molar-refractivity contribution in [1.29, 1.82) is 0 Å². The standard InChI is InChI=1S/C12H23N3O.2ClH/c1-13-6-5-12(16)15-9-8-14-7-3-2-4-11(14)10-15;;/h11,13H,2-10H2,1H3;2*1H. The fraction of sp³-hybridized carbons (Fsp3) is 0.917. The van der Waals surface area contributed by atoms with Crippen molar-refractivity contribution in [2.24, 2.45) is 0 Å². The third-order valence-electron chi connectivity index (χ3n) is 3.78. The van der Waals surface area contributed by atoms with E-state index >= 15 is 0 Å². The number of piperazine rings is 1. The van der Waals surface area contributed by atoms with Crippen molar-refractivity contribution < 1.29 is 4.79 Å². The van der Waals surface area contributed by atoms with Crippen LogP contribution in [0, 0.1) is 0 Å². The fourth-order valence-corrected chi connectivity index (χ4v) is 2.77. The first kappa shape index (κ1) is 18.0. The molecule has 0 aromatic carbocycles. The van der Waals surface area contributed by atoms with Crippen LogP contribution in [0.1, 0.15) is 25.7 Å². The van der Waals surface area contributed by atoms with E-state index < -0.39 is 0 Å². The largest absolute Gasteiger partial charge is 0.340 e. The van der Waals surface area contributed by atoms with Gasteiger partial charge in [0.05, 0.1) is 0 Å². The lowest BCUT2D eigenvalue weighted by Crippen LogP contribution is -2.56. The summed E-state index contributed by atoms with van der Waals surface area (Å²) >= 11 is 0. The van der Waals surface area contributed by atoms with Crippen LogP contribution in [0.5, 0.6) is 0 Å². The van der Waals surface area contributed by atoms with E-state index in [0.717, 1.165) is 26.2 Å². The summed E-state index contributed by atoms with van der Waals surface area (Å²) in [7, 11) is 1.90. The molecule has 1 atom stereocenters. The van der Waals surface area contributed by atoms with Gasteiger partial charge in [-0.05, 0) is 26.4 Å². The maximum atomic E-state index is 11.9. The minimum absolute atomic E-state index is 0. The van der Waals surface area contributed by atoms with Crippen LogP contribution in [0.3, 0.4) is 0 Å². The third-order valence-corrected chi connectivity index (χ3v) is 3.78. The predicted octanol–water partition coefficient (Wildman–Crippen LogP) is 1.14. The number of amides is 1. The molecule has 2 heterocycles. The Morgan fingerprint density at radius 1 is 1.22 bits per heavy atom. The van der Waals surface area contributed by atoms with Gasteiger partial charge >= 0.3 is 0 Å². The highest BCUT2D eigenvalue weighted by atomic mass is 35.5. The van der Waals surface area contributed by atoms with Crippen molar-refractivity contribution in [3.8, 4) is 0 Å². The summed E-state index contributed by atoms with van der Waals surface area (Å²) in [6.07, 6.45) is 4.59. The van der Waals surface area contributed by atoms with Gasteiger partial charge in [-0.2, -0.15) is 0 Å². The molecule has 18 heavy (non-hydrogen) atoms. The molecule has 2 aliphatic heterocycles. The van der Waals surface area contributed by atoms with Crippen LogP contribution in [0.4, 0.5) is 0 Å². The van der Waals surface area contributed by atoms with Crippen molar-refractivity contribution in [2.45, 2.75) is 31.7 Å². The highest BCUT2D eigenvalue weighted by Gasteiger charge is 2.30. The molecule has 4 nitrogen and oxygen atoms in total. The molecule has 0 spiro atoms. The molecule has 2 fully saturated rings. The molecule has 6 heteroatoms. The number of fused-ring (bicyclic) bond motifs is 1. The number of carbonyl (C=O) groups is 1. The van der Waals surface area contributed by atoms with E-state index in [2.05, 4.69) is 15.1 Å². The number of carbonyl (C=O) groups excluding carboxylic acids is 1. The molecule has 0 aromatic heterocycles. The van der Waals surface area contributed by atoms with Crippen LogP contribution in [-0.2, 0) is 4.79 Å². The van der Waals surface area contributed by atoms with Gasteiger partial charge in [0.15, 0.2) is 0 Å². The molecule has 0 bridgehead atoms. The molecule has 2 rings (SSSR count). The van der Waals surface area contributed by atoms with E-state index in [1.54, 1.807) is 0 Å². The summed E-state index contributed by atoms with van der Waals surface area (Å²) < 4.78 is 0. The van der Waals surface area contributed by atoms with E-state index in [1.807, 2.05) is 7.05 Å². The minimum Gasteiger partial charge on any atom is -0.340 e. The van der Waals surface area contributed by atoms with E-state index in [9.17, 15) is 4.79 Å². The second-order valence-corrected chi connectivity index (χ2v) is 4.88. The van der Waals surface area contributed by atoms with Gasteiger partial charge in [0.2, 0.25) is 5.91 Å². The number of piperidine rings is 1. The number of hydrogen-bond acceptors (Lipinski definition) is 3. The topological polar surface area (TPSA) is 35.6 Å². The number of hydrogen-bond donors (Lipinski definition) is 1. The zero-order valence-electron chi connectivity index (χ0n) is 11.1. The molecule has 1 unspecified atom stereocenters. The van der Waals surface area contributed by atoms with Crippen molar-refractivity contribution in [3.05, 3.63) is 0 Å². The Morgan fingerprint density at radius 3 is 2.72 bits per heavy atom. The maximum absolute atomic E-state index is 11.9. The summed E-state index contributed by atoms with van der Waals surface area (Å²) in [5, 5.41) is 3.04. The number of rotatable bonds is 3. The Balaban J connectivity index is 0.00000144. The Morgan fingerprint density at radius 2 is 2.00 bits per heavy atom. The second-order valence-electron chi connectivity index (χ2n) is 4.88. The summed E-state index contributed by atoms with van der Waals surface area (Å²) in [4.78, 5) is 16.5. The zero-order valence-corrected chi connectivity index (χ0v) is 12.7. The summed E-state index contributed by atoms with van der Waals surface area (Å²) in [6, 6.07) is 0.640. The highest BCUT2D eigenvalue weighted by molar-refractivity contribution is 5.85. The van der Waals surface area contributed by atoms with Gasteiger partial charge in [-0.1, -0.05) is 6.42 Å². The molecule has 108 valence electrons. The normalized spacial score (nSPS) is 23.6. The lowest BCUT2D eigenvalue weighted by Gasteiger charge is -2.44. The van der Waals surface area contributed by atoms with Crippen LogP contribution >= 0.6 is 24.8 Å². The Bertz CT molecular complexity index is 253. The molecule has 1 N–H and O–H groups in total. The monoisotopic (exact) mass is 297 g/mol. The molecular weight excluding hydrogens is 273 g/mol. The SMILES string of the molecule is CNCCC(=O)N1CCN2CCCCC2C1.Cl.Cl. The minimum atomic E-state index is 0. The predicted molar refractivity (Wildman–Crippen MR) is 78.8 cm³/mol.